The highest BCUT2D eigenvalue weighted by Crippen LogP contribution is 2.39. The normalized spacial score (nSPS) is 27.4. The topological polar surface area (TPSA) is 9.23 Å². The Morgan fingerprint density at radius 3 is 2.12 bits per heavy atom. The van der Waals surface area contributed by atoms with Crippen LogP contribution in [0.1, 0.15) is 12.8 Å². The van der Waals surface area contributed by atoms with Crippen LogP contribution in [0.15, 0.2) is 0 Å². The molecule has 0 bridgehead atoms. The van der Waals surface area contributed by atoms with E-state index in [2.05, 4.69) is 17.1 Å². The fraction of sp³-hybridized carbons (Fsp3) is 1.00. The van der Waals surface area contributed by atoms with Crippen LogP contribution in [-0.4, -0.2) is 12.0 Å². The number of rotatable bonds is 1. The van der Waals surface area contributed by atoms with Crippen LogP contribution in [0.2, 0.25) is 0 Å². The molecule has 1 aliphatic carbocycles. The number of hydrogen-bond donors (Lipinski definition) is 1. The maximum absolute atomic E-state index is 11.9. The quantitative estimate of drug-likeness (QED) is 0.430. The molecule has 1 rings (SSSR count). The highest BCUT2D eigenvalue weighted by Gasteiger charge is 2.45. The van der Waals surface area contributed by atoms with Gasteiger partial charge in [0.1, 0.15) is 0 Å². The van der Waals surface area contributed by atoms with Crippen LogP contribution in [0.25, 0.3) is 0 Å². The molecule has 0 N–H and O–H groups in total. The molecular weight excluding hydrogens is 134 g/mol. The zero-order valence-electron chi connectivity index (χ0n) is 4.10. The molecule has 1 fully saturated rings. The van der Waals surface area contributed by atoms with Gasteiger partial charge in [0.25, 0.3) is 5.92 Å². The van der Waals surface area contributed by atoms with Gasteiger partial charge in [-0.3, -0.25) is 0 Å². The van der Waals surface area contributed by atoms with E-state index in [1.165, 1.54) is 0 Å². The first-order valence-electron chi connectivity index (χ1n) is 2.32. The molecule has 0 heterocycles. The first-order valence-corrected chi connectivity index (χ1v) is 2.68. The summed E-state index contributed by atoms with van der Waals surface area (Å²) < 4.78 is 28.1. The van der Waals surface area contributed by atoms with Gasteiger partial charge in [0, 0.05) is 12.8 Å². The molecule has 0 aromatic carbocycles. The van der Waals surface area contributed by atoms with Crippen LogP contribution in [0.4, 0.5) is 8.78 Å². The van der Waals surface area contributed by atoms with Gasteiger partial charge in [0.2, 0.25) is 0 Å². The predicted molar refractivity (Wildman–Crippen MR) is 28.0 cm³/mol. The van der Waals surface area contributed by atoms with E-state index in [0.717, 1.165) is 0 Å². The fourth-order valence-corrected chi connectivity index (χ4v) is 0.830. The van der Waals surface area contributed by atoms with Crippen molar-refractivity contribution in [1.82, 2.24) is 0 Å². The number of alkyl halides is 2. The summed E-state index contributed by atoms with van der Waals surface area (Å²) in [5.41, 5.74) is 0. The van der Waals surface area contributed by atoms with Gasteiger partial charge in [0.15, 0.2) is 0 Å². The molecule has 0 radical (unpaired) electrons. The first kappa shape index (κ1) is 6.29. The molecule has 1 nitrogen and oxygen atoms in total. The maximum atomic E-state index is 11.9. The summed E-state index contributed by atoms with van der Waals surface area (Å²) in [6, 6.07) is 0. The molecule has 0 atom stereocenters. The Morgan fingerprint density at radius 1 is 1.50 bits per heavy atom. The van der Waals surface area contributed by atoms with Gasteiger partial charge in [-0.1, -0.05) is 0 Å². The zero-order chi connectivity index (χ0) is 6.20. The van der Waals surface area contributed by atoms with Crippen LogP contribution in [0.3, 0.4) is 0 Å². The Kier molecular flexibility index (Phi) is 1.45. The molecule has 0 saturated heterocycles. The van der Waals surface area contributed by atoms with Gasteiger partial charge >= 0.3 is 0 Å². The third-order valence-electron chi connectivity index (χ3n) is 1.20. The van der Waals surface area contributed by atoms with E-state index in [0.29, 0.717) is 0 Å². The van der Waals surface area contributed by atoms with E-state index in [4.69, 9.17) is 0 Å². The Morgan fingerprint density at radius 2 is 2.00 bits per heavy atom. The molecule has 8 heavy (non-hydrogen) atoms. The molecule has 0 amide bonds. The fourth-order valence-electron chi connectivity index (χ4n) is 0.681. The summed E-state index contributed by atoms with van der Waals surface area (Å²) in [5.74, 6) is -2.48. The van der Waals surface area contributed by atoms with Crippen molar-refractivity contribution in [1.29, 1.82) is 0 Å². The molecule has 4 heteroatoms. The van der Waals surface area contributed by atoms with Gasteiger partial charge in [0.05, 0.1) is 6.10 Å². The zero-order valence-corrected chi connectivity index (χ0v) is 5.00. The molecule has 1 saturated carbocycles. The minimum Gasteiger partial charge on any atom is -0.315 e. The number of hydrogen-bond acceptors (Lipinski definition) is 2. The monoisotopic (exact) mass is 140 g/mol. The van der Waals surface area contributed by atoms with Gasteiger partial charge in [-0.15, -0.1) is 0 Å². The van der Waals surface area contributed by atoms with Crippen molar-refractivity contribution in [2.24, 2.45) is 0 Å². The number of halogens is 2. The summed E-state index contributed by atoms with van der Waals surface area (Å²) in [6.45, 7) is 0. The van der Waals surface area contributed by atoms with Crippen LogP contribution in [0, 0.1) is 0 Å². The molecule has 0 aromatic heterocycles. The Balaban J connectivity index is 2.21. The summed E-state index contributed by atoms with van der Waals surface area (Å²) in [4.78, 5) is 0. The lowest BCUT2D eigenvalue weighted by Crippen LogP contribution is -2.39. The Hall–Kier alpha value is 0.170. The third-order valence-corrected chi connectivity index (χ3v) is 1.50. The second kappa shape index (κ2) is 1.84. The van der Waals surface area contributed by atoms with Crippen molar-refractivity contribution in [3.05, 3.63) is 0 Å². The minimum absolute atomic E-state index is 0.170. The van der Waals surface area contributed by atoms with Crippen molar-refractivity contribution in [3.8, 4) is 0 Å². The van der Waals surface area contributed by atoms with Crippen LogP contribution < -0.4 is 0 Å². The van der Waals surface area contributed by atoms with Crippen molar-refractivity contribution in [3.63, 3.8) is 0 Å². The van der Waals surface area contributed by atoms with Gasteiger partial charge < -0.3 is 4.18 Å². The highest BCUT2D eigenvalue weighted by molar-refractivity contribution is 7.75. The lowest BCUT2D eigenvalue weighted by molar-refractivity contribution is -0.129. The molecule has 0 aliphatic heterocycles. The molecule has 0 unspecified atom stereocenters. The van der Waals surface area contributed by atoms with Gasteiger partial charge in [-0.25, -0.2) is 8.78 Å². The van der Waals surface area contributed by atoms with Crippen molar-refractivity contribution >= 4 is 12.9 Å². The average molecular weight is 140 g/mol. The standard InChI is InChI=1S/C4H6F2OS/c5-4(6)1-3(2-4)7-8/h3,8H,1-2H2. The molecular formula is C4H6F2OS. The molecule has 1 aliphatic rings. The van der Waals surface area contributed by atoms with E-state index in [1.807, 2.05) is 0 Å². The minimum atomic E-state index is -2.48. The molecule has 0 spiro atoms. The van der Waals surface area contributed by atoms with E-state index in [1.54, 1.807) is 0 Å². The highest BCUT2D eigenvalue weighted by atomic mass is 32.1. The largest absolute Gasteiger partial charge is 0.315 e. The van der Waals surface area contributed by atoms with Crippen LogP contribution in [0.5, 0.6) is 0 Å². The summed E-state index contributed by atoms with van der Waals surface area (Å²) in [5, 5.41) is 0. The van der Waals surface area contributed by atoms with Gasteiger partial charge in [-0.2, -0.15) is 0 Å². The lowest BCUT2D eigenvalue weighted by Gasteiger charge is -2.32. The van der Waals surface area contributed by atoms with Crippen molar-refractivity contribution in [2.75, 3.05) is 0 Å². The summed E-state index contributed by atoms with van der Waals surface area (Å²) in [6.07, 6.45) is -0.666. The van der Waals surface area contributed by atoms with E-state index in [-0.39, 0.29) is 18.9 Å². The van der Waals surface area contributed by atoms with Crippen molar-refractivity contribution in [2.45, 2.75) is 24.9 Å². The second-order valence-electron chi connectivity index (χ2n) is 1.99. The summed E-state index contributed by atoms with van der Waals surface area (Å²) >= 11 is 3.39. The average Bonchev–Trinajstić information content (AvgIpc) is 1.60. The first-order chi connectivity index (χ1) is 3.64. The third kappa shape index (κ3) is 1.11. The number of thiol groups is 1. The molecule has 0 aromatic rings. The Labute approximate surface area is 51.6 Å². The van der Waals surface area contributed by atoms with E-state index < -0.39 is 5.92 Å². The SMILES string of the molecule is FC1(F)CC(OS)C1. The Bertz CT molecular complexity index is 88.0. The van der Waals surface area contributed by atoms with E-state index in [9.17, 15) is 8.78 Å². The van der Waals surface area contributed by atoms with Gasteiger partial charge in [-0.05, 0) is 12.9 Å². The van der Waals surface area contributed by atoms with Crippen LogP contribution >= 0.6 is 12.9 Å². The smallest absolute Gasteiger partial charge is 0.253 e. The second-order valence-corrected chi connectivity index (χ2v) is 2.20. The molecule has 48 valence electrons. The van der Waals surface area contributed by atoms with E-state index >= 15 is 0 Å². The predicted octanol–water partition coefficient (Wildman–Crippen LogP) is 1.65. The summed E-state index contributed by atoms with van der Waals surface area (Å²) in [7, 11) is 0. The maximum Gasteiger partial charge on any atom is 0.253 e. The van der Waals surface area contributed by atoms with Crippen LogP contribution in [-0.2, 0) is 4.18 Å². The van der Waals surface area contributed by atoms with Crippen molar-refractivity contribution < 1.29 is 13.0 Å². The lowest BCUT2D eigenvalue weighted by atomic mass is 9.91.